The van der Waals surface area contributed by atoms with Crippen LogP contribution in [0.3, 0.4) is 0 Å². The smallest absolute Gasteiger partial charge is 0.148 e. The van der Waals surface area contributed by atoms with Gasteiger partial charge >= 0.3 is 0 Å². The van der Waals surface area contributed by atoms with Gasteiger partial charge in [0.15, 0.2) is 0 Å². The van der Waals surface area contributed by atoms with E-state index in [1.54, 1.807) is 0 Å². The number of nitrogens with two attached hydrogens (primary N) is 1. The fourth-order valence-electron chi connectivity index (χ4n) is 3.09. The summed E-state index contributed by atoms with van der Waals surface area (Å²) in [5, 5.41) is 3.63. The summed E-state index contributed by atoms with van der Waals surface area (Å²) in [5.41, 5.74) is 4.09. The van der Waals surface area contributed by atoms with Gasteiger partial charge in [-0.25, -0.2) is 15.8 Å². The van der Waals surface area contributed by atoms with E-state index in [4.69, 9.17) is 10.8 Å². The number of rotatable bonds is 4. The number of nitrogens with one attached hydrogen (secondary N) is 2. The molecule has 1 atom stereocenters. The number of aromatic nitrogens is 2. The Balaban J connectivity index is 2.24. The maximum absolute atomic E-state index is 5.60. The third-order valence-corrected chi connectivity index (χ3v) is 4.36. The molecule has 0 aliphatic heterocycles. The minimum Gasteiger partial charge on any atom is -0.367 e. The monoisotopic (exact) mass is 291 g/mol. The highest BCUT2D eigenvalue weighted by atomic mass is 15.3. The van der Waals surface area contributed by atoms with Gasteiger partial charge in [-0.1, -0.05) is 34.1 Å². The van der Waals surface area contributed by atoms with E-state index in [2.05, 4.69) is 43.4 Å². The normalized spacial score (nSPS) is 21.4. The van der Waals surface area contributed by atoms with Crippen LogP contribution in [0.15, 0.2) is 0 Å². The molecule has 1 saturated carbocycles. The Morgan fingerprint density at radius 1 is 1.24 bits per heavy atom. The Kier molecular flexibility index (Phi) is 4.71. The van der Waals surface area contributed by atoms with Crippen molar-refractivity contribution in [2.24, 2.45) is 11.3 Å². The first-order valence-corrected chi connectivity index (χ1v) is 7.94. The van der Waals surface area contributed by atoms with Crippen LogP contribution in [0.4, 0.5) is 11.6 Å². The number of nitrogen functional groups attached to an aromatic ring is 1. The van der Waals surface area contributed by atoms with Crippen molar-refractivity contribution in [2.75, 3.05) is 10.7 Å². The summed E-state index contributed by atoms with van der Waals surface area (Å²) >= 11 is 0. The Bertz CT molecular complexity index is 496. The Labute approximate surface area is 128 Å². The molecule has 1 heterocycles. The molecule has 1 unspecified atom stereocenters. The molecule has 1 aliphatic carbocycles. The predicted molar refractivity (Wildman–Crippen MR) is 88.3 cm³/mol. The van der Waals surface area contributed by atoms with E-state index in [1.807, 2.05) is 6.92 Å². The molecule has 5 heteroatoms. The van der Waals surface area contributed by atoms with Gasteiger partial charge in [0.1, 0.15) is 17.5 Å². The summed E-state index contributed by atoms with van der Waals surface area (Å²) in [4.78, 5) is 9.19. The molecule has 4 N–H and O–H groups in total. The maximum Gasteiger partial charge on any atom is 0.148 e. The Morgan fingerprint density at radius 2 is 1.90 bits per heavy atom. The summed E-state index contributed by atoms with van der Waals surface area (Å²) in [7, 11) is 0. The van der Waals surface area contributed by atoms with Crippen LogP contribution in [-0.2, 0) is 0 Å². The maximum atomic E-state index is 5.60. The van der Waals surface area contributed by atoms with Gasteiger partial charge in [-0.15, -0.1) is 0 Å². The van der Waals surface area contributed by atoms with E-state index in [-0.39, 0.29) is 5.92 Å². The molecule has 0 spiro atoms. The van der Waals surface area contributed by atoms with Crippen molar-refractivity contribution < 1.29 is 0 Å². The van der Waals surface area contributed by atoms with Crippen molar-refractivity contribution in [1.82, 2.24) is 9.97 Å². The molecule has 1 aromatic heterocycles. The van der Waals surface area contributed by atoms with Gasteiger partial charge in [0.2, 0.25) is 0 Å². The first-order chi connectivity index (χ1) is 9.82. The fraction of sp³-hybridized carbons (Fsp3) is 0.750. The Morgan fingerprint density at radius 3 is 2.48 bits per heavy atom. The van der Waals surface area contributed by atoms with Gasteiger partial charge < -0.3 is 10.7 Å². The first kappa shape index (κ1) is 16.0. The van der Waals surface area contributed by atoms with E-state index in [0.717, 1.165) is 17.2 Å². The van der Waals surface area contributed by atoms with Crippen LogP contribution in [-0.4, -0.2) is 16.0 Å². The van der Waals surface area contributed by atoms with Crippen LogP contribution in [0.2, 0.25) is 0 Å². The summed E-state index contributed by atoms with van der Waals surface area (Å²) < 4.78 is 0. The SMILES string of the molecule is Cc1c(NN)nc(C(C)C)nc1NC1CCCC(C)(C)C1. The Hall–Kier alpha value is -1.36. The van der Waals surface area contributed by atoms with Crippen LogP contribution < -0.4 is 16.6 Å². The molecule has 0 aromatic carbocycles. The average Bonchev–Trinajstić information content (AvgIpc) is 2.39. The highest BCUT2D eigenvalue weighted by molar-refractivity contribution is 5.57. The van der Waals surface area contributed by atoms with Gasteiger partial charge in [0.25, 0.3) is 0 Å². The van der Waals surface area contributed by atoms with Crippen molar-refractivity contribution in [3.8, 4) is 0 Å². The van der Waals surface area contributed by atoms with Gasteiger partial charge in [-0.2, -0.15) is 0 Å². The number of hydrogen-bond acceptors (Lipinski definition) is 5. The van der Waals surface area contributed by atoms with E-state index >= 15 is 0 Å². The summed E-state index contributed by atoms with van der Waals surface area (Å²) in [5.74, 6) is 8.34. The van der Waals surface area contributed by atoms with Gasteiger partial charge in [0, 0.05) is 17.5 Å². The quantitative estimate of drug-likeness (QED) is 0.584. The summed E-state index contributed by atoms with van der Waals surface area (Å²) in [6, 6.07) is 0.480. The minimum atomic E-state index is 0.279. The van der Waals surface area contributed by atoms with Crippen molar-refractivity contribution in [2.45, 2.75) is 72.3 Å². The molecule has 2 rings (SSSR count). The largest absolute Gasteiger partial charge is 0.367 e. The number of anilines is 2. The lowest BCUT2D eigenvalue weighted by Gasteiger charge is -2.36. The predicted octanol–water partition coefficient (Wildman–Crippen LogP) is 3.57. The fourth-order valence-corrected chi connectivity index (χ4v) is 3.09. The summed E-state index contributed by atoms with van der Waals surface area (Å²) in [6.07, 6.45) is 4.96. The molecular formula is C16H29N5. The molecule has 1 aromatic rings. The zero-order valence-electron chi connectivity index (χ0n) is 14.0. The molecule has 118 valence electrons. The van der Waals surface area contributed by atoms with Crippen molar-refractivity contribution in [3.05, 3.63) is 11.4 Å². The molecule has 1 fully saturated rings. The lowest BCUT2D eigenvalue weighted by molar-refractivity contribution is 0.229. The highest BCUT2D eigenvalue weighted by Gasteiger charge is 2.28. The number of hydrogen-bond donors (Lipinski definition) is 3. The second-order valence-electron chi connectivity index (χ2n) is 7.30. The second-order valence-corrected chi connectivity index (χ2v) is 7.30. The molecule has 21 heavy (non-hydrogen) atoms. The first-order valence-electron chi connectivity index (χ1n) is 7.94. The van der Waals surface area contributed by atoms with Gasteiger partial charge in [-0.3, -0.25) is 0 Å². The zero-order valence-corrected chi connectivity index (χ0v) is 14.0. The molecule has 0 bridgehead atoms. The third-order valence-electron chi connectivity index (χ3n) is 4.36. The lowest BCUT2D eigenvalue weighted by atomic mass is 9.75. The van der Waals surface area contributed by atoms with E-state index in [9.17, 15) is 0 Å². The van der Waals surface area contributed by atoms with Crippen LogP contribution in [0.5, 0.6) is 0 Å². The van der Waals surface area contributed by atoms with Crippen LogP contribution >= 0.6 is 0 Å². The standard InChI is InChI=1S/C16H29N5/c1-10(2)13-19-14(11(3)15(20-13)21-17)18-12-7-6-8-16(4,5)9-12/h10,12H,6-9,17H2,1-5H3,(H2,18,19,20,21). The highest BCUT2D eigenvalue weighted by Crippen LogP contribution is 2.36. The third kappa shape index (κ3) is 3.84. The van der Waals surface area contributed by atoms with E-state index in [1.165, 1.54) is 25.7 Å². The zero-order chi connectivity index (χ0) is 15.6. The van der Waals surface area contributed by atoms with E-state index in [0.29, 0.717) is 17.3 Å². The van der Waals surface area contributed by atoms with Crippen molar-refractivity contribution in [1.29, 1.82) is 0 Å². The molecule has 0 radical (unpaired) electrons. The molecular weight excluding hydrogens is 262 g/mol. The minimum absolute atomic E-state index is 0.279. The van der Waals surface area contributed by atoms with Crippen molar-refractivity contribution in [3.63, 3.8) is 0 Å². The van der Waals surface area contributed by atoms with Crippen LogP contribution in [0, 0.1) is 12.3 Å². The summed E-state index contributed by atoms with van der Waals surface area (Å²) in [6.45, 7) is 10.9. The lowest BCUT2D eigenvalue weighted by Crippen LogP contribution is -2.32. The van der Waals surface area contributed by atoms with Crippen molar-refractivity contribution >= 4 is 11.6 Å². The van der Waals surface area contributed by atoms with Gasteiger partial charge in [0.05, 0.1) is 0 Å². The molecule has 1 aliphatic rings. The van der Waals surface area contributed by atoms with Gasteiger partial charge in [-0.05, 0) is 31.6 Å². The average molecular weight is 291 g/mol. The van der Waals surface area contributed by atoms with E-state index < -0.39 is 0 Å². The molecule has 0 amide bonds. The molecule has 5 nitrogen and oxygen atoms in total. The van der Waals surface area contributed by atoms with Crippen LogP contribution in [0.25, 0.3) is 0 Å². The number of hydrazine groups is 1. The second kappa shape index (κ2) is 6.18. The molecule has 0 saturated heterocycles. The van der Waals surface area contributed by atoms with Crippen LogP contribution in [0.1, 0.15) is 70.7 Å². The number of nitrogens with zero attached hydrogens (tertiary/aromatic N) is 2. The topological polar surface area (TPSA) is 75.9 Å².